The minimum Gasteiger partial charge on any atom is -0.361 e. The van der Waals surface area contributed by atoms with E-state index in [-0.39, 0.29) is 35.9 Å². The normalized spacial score (nSPS) is 12.8. The Morgan fingerprint density at radius 1 is 1.14 bits per heavy atom. The standard InChI is InChI=1S/C28H30F3N9O4/c1-6-27(4,22-12-32-11-20(36-22)18-7-16(2)24(33-9-18)28(29,30)31)37-23(42)13-40-15-35-25(21(40)14-41)39(5)26(43)34-10-19-8-17(3)44-38-19/h7-9,11-12,14-15H,6,10,13H2,1-5H3,(H,34,43)(H,37,42). The summed E-state index contributed by atoms with van der Waals surface area (Å²) in [5.74, 6) is 0.140. The quantitative estimate of drug-likeness (QED) is 0.252. The van der Waals surface area contributed by atoms with E-state index in [1.165, 1.54) is 43.3 Å². The molecule has 4 heterocycles. The van der Waals surface area contributed by atoms with Crippen LogP contribution in [-0.4, -0.2) is 54.9 Å². The van der Waals surface area contributed by atoms with E-state index in [1.54, 1.807) is 19.9 Å². The number of anilines is 1. The van der Waals surface area contributed by atoms with Crippen molar-refractivity contribution in [3.8, 4) is 11.3 Å². The molecule has 0 aromatic carbocycles. The highest BCUT2D eigenvalue weighted by molar-refractivity contribution is 5.95. The summed E-state index contributed by atoms with van der Waals surface area (Å²) in [4.78, 5) is 55.4. The van der Waals surface area contributed by atoms with E-state index in [9.17, 15) is 27.6 Å². The predicted molar refractivity (Wildman–Crippen MR) is 150 cm³/mol. The number of nitrogens with zero attached hydrogens (tertiary/aromatic N) is 7. The lowest BCUT2D eigenvalue weighted by atomic mass is 9.94. The molecule has 3 amide bonds. The predicted octanol–water partition coefficient (Wildman–Crippen LogP) is 3.96. The lowest BCUT2D eigenvalue weighted by molar-refractivity contribution is -0.141. The fourth-order valence-corrected chi connectivity index (χ4v) is 4.39. The molecule has 4 aromatic heterocycles. The van der Waals surface area contributed by atoms with Crippen LogP contribution in [0.3, 0.4) is 0 Å². The monoisotopic (exact) mass is 613 g/mol. The number of alkyl halides is 3. The van der Waals surface area contributed by atoms with Crippen LogP contribution in [0.15, 0.2) is 41.6 Å². The summed E-state index contributed by atoms with van der Waals surface area (Å²) in [6, 6.07) is 2.44. The van der Waals surface area contributed by atoms with E-state index in [2.05, 4.69) is 35.7 Å². The van der Waals surface area contributed by atoms with E-state index in [0.29, 0.717) is 35.4 Å². The number of hydrogen-bond acceptors (Lipinski definition) is 9. The van der Waals surface area contributed by atoms with Crippen LogP contribution in [-0.2, 0) is 29.6 Å². The third-order valence-electron chi connectivity index (χ3n) is 6.97. The molecule has 2 N–H and O–H groups in total. The first-order chi connectivity index (χ1) is 20.8. The molecular formula is C28H30F3N9O4. The van der Waals surface area contributed by atoms with Gasteiger partial charge in [0.05, 0.1) is 42.2 Å². The first-order valence-electron chi connectivity index (χ1n) is 13.4. The van der Waals surface area contributed by atoms with Gasteiger partial charge >= 0.3 is 12.2 Å². The highest BCUT2D eigenvalue weighted by Crippen LogP contribution is 2.32. The molecule has 4 aromatic rings. The summed E-state index contributed by atoms with van der Waals surface area (Å²) in [6.45, 7) is 6.36. The van der Waals surface area contributed by atoms with Gasteiger partial charge in [-0.1, -0.05) is 12.1 Å². The van der Waals surface area contributed by atoms with Crippen LogP contribution < -0.4 is 15.5 Å². The summed E-state index contributed by atoms with van der Waals surface area (Å²) in [5, 5.41) is 9.36. The first-order valence-corrected chi connectivity index (χ1v) is 13.4. The van der Waals surface area contributed by atoms with Crippen LogP contribution >= 0.6 is 0 Å². The number of imidazole rings is 1. The van der Waals surface area contributed by atoms with E-state index in [4.69, 9.17) is 4.52 Å². The summed E-state index contributed by atoms with van der Waals surface area (Å²) in [7, 11) is 1.43. The van der Waals surface area contributed by atoms with Gasteiger partial charge in [0.2, 0.25) is 5.91 Å². The van der Waals surface area contributed by atoms with Gasteiger partial charge in [0.1, 0.15) is 29.4 Å². The van der Waals surface area contributed by atoms with Gasteiger partial charge in [-0.2, -0.15) is 13.2 Å². The summed E-state index contributed by atoms with van der Waals surface area (Å²) < 4.78 is 45.8. The Bertz CT molecular complexity index is 1680. The smallest absolute Gasteiger partial charge is 0.361 e. The molecule has 0 spiro atoms. The van der Waals surface area contributed by atoms with E-state index < -0.39 is 29.3 Å². The fraction of sp³-hybridized carbons (Fsp3) is 0.357. The molecule has 0 fully saturated rings. The molecule has 1 unspecified atom stereocenters. The van der Waals surface area contributed by atoms with Crippen LogP contribution in [0.1, 0.15) is 59.2 Å². The lowest BCUT2D eigenvalue weighted by Gasteiger charge is -2.29. The second-order valence-corrected chi connectivity index (χ2v) is 10.3. The zero-order valence-electron chi connectivity index (χ0n) is 24.6. The van der Waals surface area contributed by atoms with Crippen molar-refractivity contribution in [3.05, 3.63) is 71.1 Å². The molecule has 0 aliphatic rings. The van der Waals surface area contributed by atoms with Crippen molar-refractivity contribution in [2.45, 2.75) is 58.9 Å². The Hall–Kier alpha value is -5.15. The van der Waals surface area contributed by atoms with Crippen molar-refractivity contribution >= 4 is 24.0 Å². The van der Waals surface area contributed by atoms with Gasteiger partial charge in [-0.05, 0) is 38.8 Å². The minimum absolute atomic E-state index is 0.000227. The van der Waals surface area contributed by atoms with Crippen molar-refractivity contribution in [2.24, 2.45) is 0 Å². The van der Waals surface area contributed by atoms with E-state index in [1.807, 2.05) is 6.92 Å². The molecule has 0 aliphatic carbocycles. The van der Waals surface area contributed by atoms with Crippen LogP contribution in [0.25, 0.3) is 11.3 Å². The van der Waals surface area contributed by atoms with Crippen LogP contribution in [0.2, 0.25) is 0 Å². The Labute approximate surface area is 249 Å². The van der Waals surface area contributed by atoms with E-state index >= 15 is 0 Å². The number of pyridine rings is 1. The third kappa shape index (κ3) is 6.90. The number of urea groups is 1. The number of hydrogen-bond donors (Lipinski definition) is 2. The molecular weight excluding hydrogens is 583 g/mol. The summed E-state index contributed by atoms with van der Waals surface area (Å²) in [5.41, 5.74) is -0.583. The summed E-state index contributed by atoms with van der Waals surface area (Å²) >= 11 is 0. The van der Waals surface area contributed by atoms with Gasteiger partial charge in [0, 0.05) is 24.9 Å². The van der Waals surface area contributed by atoms with Gasteiger partial charge in [-0.3, -0.25) is 24.5 Å². The topological polar surface area (TPSA) is 161 Å². The molecule has 232 valence electrons. The number of halogens is 3. The number of aromatic nitrogens is 6. The fourth-order valence-electron chi connectivity index (χ4n) is 4.39. The molecule has 0 bridgehead atoms. The molecule has 0 saturated carbocycles. The maximum absolute atomic E-state index is 13.2. The highest BCUT2D eigenvalue weighted by atomic mass is 19.4. The molecule has 0 radical (unpaired) electrons. The largest absolute Gasteiger partial charge is 0.433 e. The first kappa shape index (κ1) is 31.8. The average Bonchev–Trinajstić information content (AvgIpc) is 3.59. The van der Waals surface area contributed by atoms with Crippen molar-refractivity contribution in [3.63, 3.8) is 0 Å². The lowest BCUT2D eigenvalue weighted by Crippen LogP contribution is -2.45. The molecule has 0 aliphatic heterocycles. The third-order valence-corrected chi connectivity index (χ3v) is 6.97. The van der Waals surface area contributed by atoms with Crippen LogP contribution in [0.5, 0.6) is 0 Å². The van der Waals surface area contributed by atoms with Crippen molar-refractivity contribution in [1.82, 2.24) is 40.3 Å². The van der Waals surface area contributed by atoms with Gasteiger partial charge < -0.3 is 19.7 Å². The van der Waals surface area contributed by atoms with E-state index in [0.717, 1.165) is 11.1 Å². The zero-order chi connectivity index (χ0) is 32.2. The number of carbonyl (C=O) groups excluding carboxylic acids is 3. The van der Waals surface area contributed by atoms with Crippen molar-refractivity contribution in [2.75, 3.05) is 11.9 Å². The van der Waals surface area contributed by atoms with Gasteiger partial charge in [0.15, 0.2) is 12.1 Å². The van der Waals surface area contributed by atoms with Gasteiger partial charge in [-0.15, -0.1) is 0 Å². The molecule has 0 saturated heterocycles. The molecule has 4 rings (SSSR count). The van der Waals surface area contributed by atoms with Crippen LogP contribution in [0.4, 0.5) is 23.8 Å². The number of aryl methyl sites for hydroxylation is 2. The average molecular weight is 614 g/mol. The maximum Gasteiger partial charge on any atom is 0.433 e. The minimum atomic E-state index is -4.58. The molecule has 44 heavy (non-hydrogen) atoms. The second kappa shape index (κ2) is 12.6. The van der Waals surface area contributed by atoms with Crippen molar-refractivity contribution in [1.29, 1.82) is 0 Å². The van der Waals surface area contributed by atoms with Gasteiger partial charge in [-0.25, -0.2) is 14.8 Å². The van der Waals surface area contributed by atoms with Crippen LogP contribution in [0, 0.1) is 13.8 Å². The Kier molecular flexibility index (Phi) is 9.11. The SMILES string of the molecule is CCC(C)(NC(=O)Cn1cnc(N(C)C(=O)NCc2cc(C)on2)c1C=O)c1cncc(-c2cnc(C(F)(F)F)c(C)c2)n1. The second-order valence-electron chi connectivity index (χ2n) is 10.3. The van der Waals surface area contributed by atoms with Gasteiger partial charge in [0.25, 0.3) is 0 Å². The maximum atomic E-state index is 13.2. The number of nitrogens with one attached hydrogen (secondary N) is 2. The molecule has 16 heteroatoms. The number of aldehydes is 1. The number of amides is 3. The summed E-state index contributed by atoms with van der Waals surface area (Å²) in [6.07, 6.45) is 1.49. The molecule has 13 nitrogen and oxygen atoms in total. The zero-order valence-corrected chi connectivity index (χ0v) is 24.6. The Morgan fingerprint density at radius 2 is 1.89 bits per heavy atom. The molecule has 1 atom stereocenters. The number of carbonyl (C=O) groups is 3. The Morgan fingerprint density at radius 3 is 2.50 bits per heavy atom. The highest BCUT2D eigenvalue weighted by Gasteiger charge is 2.35. The van der Waals surface area contributed by atoms with Crippen molar-refractivity contribution < 1.29 is 32.1 Å². The number of rotatable bonds is 10. The Balaban J connectivity index is 1.48.